The van der Waals surface area contributed by atoms with Crippen LogP contribution in [0.25, 0.3) is 0 Å². The number of anilines is 1. The Labute approximate surface area is 149 Å². The number of amides is 1. The van der Waals surface area contributed by atoms with Crippen molar-refractivity contribution in [2.24, 2.45) is 0 Å². The number of halogens is 3. The van der Waals surface area contributed by atoms with Gasteiger partial charge in [0.1, 0.15) is 5.56 Å². The van der Waals surface area contributed by atoms with Crippen molar-refractivity contribution in [2.75, 3.05) is 5.32 Å². The highest BCUT2D eigenvalue weighted by molar-refractivity contribution is 6.44. The number of nitro groups is 2. The molecule has 0 saturated carbocycles. The fourth-order valence-electron chi connectivity index (χ4n) is 1.78. The molecule has 0 radical (unpaired) electrons. The molecule has 24 heavy (non-hydrogen) atoms. The van der Waals surface area contributed by atoms with Crippen LogP contribution in [0.15, 0.2) is 30.3 Å². The Morgan fingerprint density at radius 1 is 0.917 bits per heavy atom. The third kappa shape index (κ3) is 3.73. The van der Waals surface area contributed by atoms with Gasteiger partial charge in [-0.2, -0.15) is 0 Å². The summed E-state index contributed by atoms with van der Waals surface area (Å²) in [5.74, 6) is -0.878. The number of non-ortho nitro benzene ring substituents is 1. The Morgan fingerprint density at radius 3 is 2.12 bits per heavy atom. The van der Waals surface area contributed by atoms with Crippen LogP contribution in [0.1, 0.15) is 10.4 Å². The van der Waals surface area contributed by atoms with Crippen LogP contribution < -0.4 is 5.32 Å². The lowest BCUT2D eigenvalue weighted by Gasteiger charge is -2.09. The second kappa shape index (κ2) is 7.00. The lowest BCUT2D eigenvalue weighted by molar-refractivity contribution is -0.394. The molecule has 0 heterocycles. The molecule has 0 aliphatic carbocycles. The van der Waals surface area contributed by atoms with Gasteiger partial charge in [-0.1, -0.05) is 34.8 Å². The van der Waals surface area contributed by atoms with Gasteiger partial charge in [0.15, 0.2) is 0 Å². The molecule has 0 spiro atoms. The smallest absolute Gasteiger partial charge is 0.289 e. The Hall–Kier alpha value is -2.42. The molecule has 2 rings (SSSR count). The van der Waals surface area contributed by atoms with Gasteiger partial charge < -0.3 is 5.32 Å². The molecule has 1 amide bonds. The summed E-state index contributed by atoms with van der Waals surface area (Å²) in [4.78, 5) is 32.3. The average molecular weight is 391 g/mol. The molecule has 0 atom stereocenters. The lowest BCUT2D eigenvalue weighted by Crippen LogP contribution is -2.14. The van der Waals surface area contributed by atoms with Crippen LogP contribution in [0.4, 0.5) is 17.1 Å². The summed E-state index contributed by atoms with van der Waals surface area (Å²) in [7, 11) is 0. The Balaban J connectivity index is 2.42. The summed E-state index contributed by atoms with van der Waals surface area (Å²) in [6, 6.07) is 5.24. The number of benzene rings is 2. The van der Waals surface area contributed by atoms with Gasteiger partial charge in [-0.25, -0.2) is 0 Å². The van der Waals surface area contributed by atoms with Gasteiger partial charge >= 0.3 is 0 Å². The summed E-state index contributed by atoms with van der Waals surface area (Å²) in [6.07, 6.45) is 0. The van der Waals surface area contributed by atoms with Crippen LogP contribution in [0.2, 0.25) is 15.1 Å². The number of hydrogen-bond donors (Lipinski definition) is 1. The van der Waals surface area contributed by atoms with E-state index in [1.54, 1.807) is 0 Å². The maximum absolute atomic E-state index is 12.2. The second-order valence-corrected chi connectivity index (χ2v) is 5.64. The van der Waals surface area contributed by atoms with E-state index >= 15 is 0 Å². The number of hydrogen-bond acceptors (Lipinski definition) is 5. The van der Waals surface area contributed by atoms with Crippen molar-refractivity contribution in [3.05, 3.63) is 71.2 Å². The largest absolute Gasteiger partial charge is 0.320 e. The fraction of sp³-hybridized carbons (Fsp3) is 0. The van der Waals surface area contributed by atoms with Crippen molar-refractivity contribution in [2.45, 2.75) is 0 Å². The van der Waals surface area contributed by atoms with Crippen molar-refractivity contribution in [1.29, 1.82) is 0 Å². The van der Waals surface area contributed by atoms with Gasteiger partial charge in [0.05, 0.1) is 36.7 Å². The van der Waals surface area contributed by atoms with E-state index in [-0.39, 0.29) is 26.3 Å². The van der Waals surface area contributed by atoms with Gasteiger partial charge in [0.2, 0.25) is 0 Å². The zero-order chi connectivity index (χ0) is 18.0. The molecule has 0 unspecified atom stereocenters. The first-order chi connectivity index (χ1) is 11.2. The summed E-state index contributed by atoms with van der Waals surface area (Å²) in [5.41, 5.74) is -1.50. The molecule has 124 valence electrons. The van der Waals surface area contributed by atoms with Crippen LogP contribution in [0.5, 0.6) is 0 Å². The summed E-state index contributed by atoms with van der Waals surface area (Å²) < 4.78 is 0. The third-order valence-corrected chi connectivity index (χ3v) is 3.93. The van der Waals surface area contributed by atoms with Gasteiger partial charge in [0, 0.05) is 6.07 Å². The van der Waals surface area contributed by atoms with Crippen molar-refractivity contribution < 1.29 is 14.6 Å². The first kappa shape index (κ1) is 17.9. The van der Waals surface area contributed by atoms with E-state index < -0.39 is 27.1 Å². The minimum Gasteiger partial charge on any atom is -0.320 e. The van der Waals surface area contributed by atoms with Gasteiger partial charge in [0.25, 0.3) is 17.3 Å². The predicted octanol–water partition coefficient (Wildman–Crippen LogP) is 4.72. The molecule has 8 nitrogen and oxygen atoms in total. The molecular formula is C13H6Cl3N3O5. The van der Waals surface area contributed by atoms with Crippen molar-refractivity contribution >= 4 is 57.8 Å². The van der Waals surface area contributed by atoms with E-state index in [1.165, 1.54) is 12.1 Å². The number of nitrogens with one attached hydrogen (secondary N) is 1. The molecule has 0 aliphatic heterocycles. The summed E-state index contributed by atoms with van der Waals surface area (Å²) >= 11 is 17.5. The van der Waals surface area contributed by atoms with Crippen LogP contribution in [-0.2, 0) is 0 Å². The lowest BCUT2D eigenvalue weighted by atomic mass is 10.1. The molecule has 0 fully saturated rings. The van der Waals surface area contributed by atoms with Crippen LogP contribution in [0.3, 0.4) is 0 Å². The molecule has 0 bridgehead atoms. The summed E-state index contributed by atoms with van der Waals surface area (Å²) in [6.45, 7) is 0. The van der Waals surface area contributed by atoms with Crippen molar-refractivity contribution in [3.63, 3.8) is 0 Å². The first-order valence-electron chi connectivity index (χ1n) is 6.09. The second-order valence-electron chi connectivity index (χ2n) is 4.42. The number of carbonyl (C=O) groups excluding carboxylic acids is 1. The van der Waals surface area contributed by atoms with E-state index in [0.717, 1.165) is 12.1 Å². The van der Waals surface area contributed by atoms with Gasteiger partial charge in [-0.3, -0.25) is 25.0 Å². The SMILES string of the molecule is O=C(Nc1cc(Cl)c(Cl)cc1Cl)c1ccc([N+](=O)[O-])cc1[N+](=O)[O-]. The highest BCUT2D eigenvalue weighted by atomic mass is 35.5. The molecular weight excluding hydrogens is 385 g/mol. The standard InChI is InChI=1S/C13H6Cl3N3O5/c14-8-4-10(16)11(5-9(8)15)17-13(20)7-2-1-6(18(21)22)3-12(7)19(23)24/h1-5H,(H,17,20). The minimum atomic E-state index is -0.891. The molecule has 1 N–H and O–H groups in total. The maximum Gasteiger partial charge on any atom is 0.289 e. The van der Waals surface area contributed by atoms with Gasteiger partial charge in [-0.15, -0.1) is 0 Å². The molecule has 2 aromatic carbocycles. The molecule has 0 aliphatic rings. The fourth-order valence-corrected chi connectivity index (χ4v) is 2.38. The van der Waals surface area contributed by atoms with Crippen LogP contribution in [-0.4, -0.2) is 15.8 Å². The normalized spacial score (nSPS) is 10.3. The minimum absolute atomic E-state index is 0.0716. The zero-order valence-electron chi connectivity index (χ0n) is 11.5. The molecule has 0 aromatic heterocycles. The zero-order valence-corrected chi connectivity index (χ0v) is 13.7. The maximum atomic E-state index is 12.2. The highest BCUT2D eigenvalue weighted by Gasteiger charge is 2.24. The van der Waals surface area contributed by atoms with E-state index in [1.807, 2.05) is 0 Å². The molecule has 11 heteroatoms. The number of rotatable bonds is 4. The van der Waals surface area contributed by atoms with E-state index in [4.69, 9.17) is 34.8 Å². The number of nitro benzene ring substituents is 2. The number of nitrogens with zero attached hydrogens (tertiary/aromatic N) is 2. The van der Waals surface area contributed by atoms with E-state index in [9.17, 15) is 25.0 Å². The van der Waals surface area contributed by atoms with Gasteiger partial charge in [-0.05, 0) is 18.2 Å². The van der Waals surface area contributed by atoms with Crippen LogP contribution >= 0.6 is 34.8 Å². The molecule has 0 saturated heterocycles. The highest BCUT2D eigenvalue weighted by Crippen LogP contribution is 2.33. The van der Waals surface area contributed by atoms with E-state index in [2.05, 4.69) is 5.32 Å². The Kier molecular flexibility index (Phi) is 5.23. The number of carbonyl (C=O) groups is 1. The monoisotopic (exact) mass is 389 g/mol. The first-order valence-corrected chi connectivity index (χ1v) is 7.23. The average Bonchev–Trinajstić information content (AvgIpc) is 2.51. The van der Waals surface area contributed by atoms with Crippen molar-refractivity contribution in [1.82, 2.24) is 0 Å². The van der Waals surface area contributed by atoms with Crippen molar-refractivity contribution in [3.8, 4) is 0 Å². The quantitative estimate of drug-likeness (QED) is 0.461. The predicted molar refractivity (Wildman–Crippen MR) is 89.2 cm³/mol. The van der Waals surface area contributed by atoms with E-state index in [0.29, 0.717) is 6.07 Å². The molecule has 2 aromatic rings. The third-order valence-electron chi connectivity index (χ3n) is 2.89. The summed E-state index contributed by atoms with van der Waals surface area (Å²) in [5, 5.41) is 24.5. The van der Waals surface area contributed by atoms with Crippen LogP contribution in [0, 0.1) is 20.2 Å². The Morgan fingerprint density at radius 2 is 1.54 bits per heavy atom. The topological polar surface area (TPSA) is 115 Å². The Bertz CT molecular complexity index is 872.